The molecule has 0 bridgehead atoms. The highest BCUT2D eigenvalue weighted by molar-refractivity contribution is 6.30. The topological polar surface area (TPSA) is 20.3 Å². The van der Waals surface area contributed by atoms with Crippen LogP contribution in [0, 0.1) is 0 Å². The lowest BCUT2D eigenvalue weighted by molar-refractivity contribution is -0.125. The van der Waals surface area contributed by atoms with Crippen molar-refractivity contribution in [3.8, 4) is 0 Å². The first-order chi connectivity index (χ1) is 12.7. The van der Waals surface area contributed by atoms with E-state index in [2.05, 4.69) is 0 Å². The van der Waals surface area contributed by atoms with Crippen molar-refractivity contribution in [3.63, 3.8) is 0 Å². The van der Waals surface area contributed by atoms with Crippen molar-refractivity contribution < 1.29 is 4.79 Å². The Balaban J connectivity index is 1.75. The molecule has 3 aromatic rings. The van der Waals surface area contributed by atoms with Gasteiger partial charge in [-0.1, -0.05) is 84.4 Å². The number of nitrogens with zero attached hydrogens (tertiary/aromatic N) is 1. The first kappa shape index (κ1) is 16.6. The molecule has 1 aliphatic heterocycles. The molecule has 0 spiro atoms. The van der Waals surface area contributed by atoms with Crippen molar-refractivity contribution in [2.75, 3.05) is 0 Å². The number of carbonyl (C=O) groups excluding carboxylic acids is 1. The van der Waals surface area contributed by atoms with E-state index >= 15 is 0 Å². The summed E-state index contributed by atoms with van der Waals surface area (Å²) in [5, 5.41) is 0.677. The standard InChI is InChI=1S/C23H18ClNO/c24-20-13-7-12-19(14-20)22-15-21(18-10-5-2-6-11-18)23(26)25(22)16-17-8-3-1-4-9-17/h1-15,22H,16H2. The highest BCUT2D eigenvalue weighted by Gasteiger charge is 2.33. The molecule has 0 fully saturated rings. The molecule has 2 nitrogen and oxygen atoms in total. The van der Waals surface area contributed by atoms with Gasteiger partial charge in [-0.3, -0.25) is 4.79 Å². The second-order valence-corrected chi connectivity index (χ2v) is 6.80. The van der Waals surface area contributed by atoms with Gasteiger partial charge in [-0.15, -0.1) is 0 Å². The van der Waals surface area contributed by atoms with Crippen LogP contribution in [0.15, 0.2) is 91.0 Å². The molecule has 0 saturated carbocycles. The van der Waals surface area contributed by atoms with Crippen LogP contribution in [0.3, 0.4) is 0 Å². The summed E-state index contributed by atoms with van der Waals surface area (Å²) in [6.07, 6.45) is 2.05. The molecule has 3 heteroatoms. The minimum Gasteiger partial charge on any atom is -0.324 e. The van der Waals surface area contributed by atoms with Crippen LogP contribution in [0.1, 0.15) is 22.7 Å². The van der Waals surface area contributed by atoms with Crippen LogP contribution < -0.4 is 0 Å². The van der Waals surface area contributed by atoms with Gasteiger partial charge >= 0.3 is 0 Å². The molecule has 0 N–H and O–H groups in total. The van der Waals surface area contributed by atoms with E-state index in [1.54, 1.807) is 0 Å². The number of hydrogen-bond donors (Lipinski definition) is 0. The third-order valence-electron chi connectivity index (χ3n) is 4.62. The second kappa shape index (κ2) is 7.19. The average molecular weight is 360 g/mol. The number of amides is 1. The fourth-order valence-electron chi connectivity index (χ4n) is 3.35. The molecule has 0 aromatic heterocycles. The Morgan fingerprint density at radius 3 is 2.23 bits per heavy atom. The molecule has 1 amide bonds. The maximum Gasteiger partial charge on any atom is 0.255 e. The van der Waals surface area contributed by atoms with Crippen LogP contribution in [0.2, 0.25) is 5.02 Å². The molecule has 3 aromatic carbocycles. The molecule has 1 heterocycles. The molecular formula is C23H18ClNO. The Morgan fingerprint density at radius 1 is 0.846 bits per heavy atom. The van der Waals surface area contributed by atoms with Crippen molar-refractivity contribution in [1.29, 1.82) is 0 Å². The number of carbonyl (C=O) groups is 1. The monoisotopic (exact) mass is 359 g/mol. The van der Waals surface area contributed by atoms with E-state index < -0.39 is 0 Å². The quantitative estimate of drug-likeness (QED) is 0.601. The highest BCUT2D eigenvalue weighted by atomic mass is 35.5. The van der Waals surface area contributed by atoms with Crippen molar-refractivity contribution in [2.45, 2.75) is 12.6 Å². The maximum atomic E-state index is 13.2. The molecular weight excluding hydrogens is 342 g/mol. The van der Waals surface area contributed by atoms with Gasteiger partial charge < -0.3 is 4.90 Å². The predicted molar refractivity (Wildman–Crippen MR) is 106 cm³/mol. The zero-order valence-corrected chi connectivity index (χ0v) is 14.9. The highest BCUT2D eigenvalue weighted by Crippen LogP contribution is 2.37. The van der Waals surface area contributed by atoms with Gasteiger partial charge in [0.2, 0.25) is 0 Å². The minimum absolute atomic E-state index is 0.0463. The summed E-state index contributed by atoms with van der Waals surface area (Å²) >= 11 is 6.20. The lowest BCUT2D eigenvalue weighted by Crippen LogP contribution is -2.29. The Bertz CT molecular complexity index is 950. The molecule has 1 atom stereocenters. The lowest BCUT2D eigenvalue weighted by Gasteiger charge is -2.25. The fourth-order valence-corrected chi connectivity index (χ4v) is 3.55. The van der Waals surface area contributed by atoms with Gasteiger partial charge in [0, 0.05) is 17.1 Å². The van der Waals surface area contributed by atoms with Crippen LogP contribution >= 0.6 is 11.6 Å². The molecule has 26 heavy (non-hydrogen) atoms. The lowest BCUT2D eigenvalue weighted by atomic mass is 10.0. The zero-order chi connectivity index (χ0) is 17.9. The zero-order valence-electron chi connectivity index (χ0n) is 14.2. The Kier molecular flexibility index (Phi) is 4.59. The number of rotatable bonds is 4. The van der Waals surface area contributed by atoms with E-state index in [9.17, 15) is 4.79 Å². The van der Waals surface area contributed by atoms with E-state index in [4.69, 9.17) is 11.6 Å². The van der Waals surface area contributed by atoms with E-state index in [-0.39, 0.29) is 11.9 Å². The van der Waals surface area contributed by atoms with Gasteiger partial charge in [-0.25, -0.2) is 0 Å². The molecule has 0 saturated heterocycles. The van der Waals surface area contributed by atoms with Gasteiger partial charge in [0.15, 0.2) is 0 Å². The van der Waals surface area contributed by atoms with Crippen LogP contribution in [-0.2, 0) is 11.3 Å². The summed E-state index contributed by atoms with van der Waals surface area (Å²) in [4.78, 5) is 15.1. The minimum atomic E-state index is -0.128. The smallest absolute Gasteiger partial charge is 0.255 e. The molecule has 1 unspecified atom stereocenters. The summed E-state index contributed by atoms with van der Waals surface area (Å²) in [6, 6.07) is 27.5. The first-order valence-corrected chi connectivity index (χ1v) is 8.98. The average Bonchev–Trinajstić information content (AvgIpc) is 3.00. The Labute approximate surface area is 158 Å². The molecule has 0 aliphatic carbocycles. The first-order valence-electron chi connectivity index (χ1n) is 8.60. The summed E-state index contributed by atoms with van der Waals surface area (Å²) in [6.45, 7) is 0.559. The van der Waals surface area contributed by atoms with Crippen molar-refractivity contribution in [1.82, 2.24) is 4.90 Å². The Morgan fingerprint density at radius 2 is 1.54 bits per heavy atom. The van der Waals surface area contributed by atoms with Crippen molar-refractivity contribution in [3.05, 3.63) is 113 Å². The fraction of sp³-hybridized carbons (Fsp3) is 0.0870. The van der Waals surface area contributed by atoms with Crippen LogP contribution in [0.4, 0.5) is 0 Å². The van der Waals surface area contributed by atoms with Crippen LogP contribution in [0.5, 0.6) is 0 Å². The molecule has 128 valence electrons. The van der Waals surface area contributed by atoms with Crippen molar-refractivity contribution >= 4 is 23.1 Å². The summed E-state index contributed by atoms with van der Waals surface area (Å²) in [5.74, 6) is 0.0463. The number of hydrogen-bond acceptors (Lipinski definition) is 1. The molecule has 1 aliphatic rings. The summed E-state index contributed by atoms with van der Waals surface area (Å²) in [7, 11) is 0. The summed E-state index contributed by atoms with van der Waals surface area (Å²) in [5.41, 5.74) is 3.81. The van der Waals surface area contributed by atoms with Crippen molar-refractivity contribution in [2.24, 2.45) is 0 Å². The van der Waals surface area contributed by atoms with Gasteiger partial charge in [-0.2, -0.15) is 0 Å². The third kappa shape index (κ3) is 3.29. The summed E-state index contributed by atoms with van der Waals surface area (Å²) < 4.78 is 0. The normalized spacial score (nSPS) is 16.7. The number of benzene rings is 3. The maximum absolute atomic E-state index is 13.2. The van der Waals surface area contributed by atoms with E-state index in [1.807, 2.05) is 95.9 Å². The molecule has 0 radical (unpaired) electrons. The van der Waals surface area contributed by atoms with Crippen LogP contribution in [-0.4, -0.2) is 10.8 Å². The SMILES string of the molecule is O=C1C(c2ccccc2)=CC(c2cccc(Cl)c2)N1Cc1ccccc1. The Hall–Kier alpha value is -2.84. The van der Waals surface area contributed by atoms with E-state index in [0.29, 0.717) is 11.6 Å². The van der Waals surface area contributed by atoms with E-state index in [0.717, 1.165) is 22.3 Å². The van der Waals surface area contributed by atoms with Crippen LogP contribution in [0.25, 0.3) is 5.57 Å². The van der Waals surface area contributed by atoms with Gasteiger partial charge in [0.1, 0.15) is 0 Å². The second-order valence-electron chi connectivity index (χ2n) is 6.36. The number of halogens is 1. The van der Waals surface area contributed by atoms with Gasteiger partial charge in [0.25, 0.3) is 5.91 Å². The van der Waals surface area contributed by atoms with E-state index in [1.165, 1.54) is 0 Å². The predicted octanol–water partition coefficient (Wildman–Crippen LogP) is 5.51. The van der Waals surface area contributed by atoms with Gasteiger partial charge in [-0.05, 0) is 34.9 Å². The van der Waals surface area contributed by atoms with Gasteiger partial charge in [0.05, 0.1) is 6.04 Å². The third-order valence-corrected chi connectivity index (χ3v) is 4.86. The molecule has 4 rings (SSSR count). The largest absolute Gasteiger partial charge is 0.324 e.